The van der Waals surface area contributed by atoms with Gasteiger partial charge in [-0.2, -0.15) is 5.10 Å². The molecule has 1 aliphatic heterocycles. The Morgan fingerprint density at radius 2 is 1.62 bits per heavy atom. The Morgan fingerprint density at radius 1 is 0.919 bits per heavy atom. The van der Waals surface area contributed by atoms with Crippen LogP contribution in [-0.4, -0.2) is 60.1 Å². The van der Waals surface area contributed by atoms with E-state index in [0.717, 1.165) is 49.4 Å². The highest BCUT2D eigenvalue weighted by Crippen LogP contribution is 2.24. The number of rotatable bonds is 7. The number of hydrogen-bond donors (Lipinski definition) is 3. The van der Waals surface area contributed by atoms with Gasteiger partial charge in [-0.25, -0.2) is 0 Å². The minimum Gasteiger partial charge on any atom is -0.369 e. The number of likely N-dealkylation sites (N-methyl/N-ethyl adjacent to an activating group) is 1. The molecular weight excluding hydrogens is 464 g/mol. The van der Waals surface area contributed by atoms with Gasteiger partial charge in [0, 0.05) is 48.4 Å². The van der Waals surface area contributed by atoms with Gasteiger partial charge in [-0.05, 0) is 61.5 Å². The lowest BCUT2D eigenvalue weighted by Gasteiger charge is -2.34. The van der Waals surface area contributed by atoms with Crippen molar-refractivity contribution in [2.24, 2.45) is 0 Å². The molecule has 1 unspecified atom stereocenters. The summed E-state index contributed by atoms with van der Waals surface area (Å²) in [5.74, 6) is -0.0215. The van der Waals surface area contributed by atoms with Crippen LogP contribution in [0.25, 0.3) is 10.9 Å². The van der Waals surface area contributed by atoms with Gasteiger partial charge in [0.2, 0.25) is 0 Å². The first kappa shape index (κ1) is 24.5. The van der Waals surface area contributed by atoms with E-state index < -0.39 is 0 Å². The van der Waals surface area contributed by atoms with Crippen LogP contribution in [0.4, 0.5) is 11.5 Å². The summed E-state index contributed by atoms with van der Waals surface area (Å²) in [6.07, 6.45) is 0.776. The third kappa shape index (κ3) is 5.49. The highest BCUT2D eigenvalue weighted by molar-refractivity contribution is 6.09. The Morgan fingerprint density at radius 3 is 2.32 bits per heavy atom. The molecule has 3 N–H and O–H groups in total. The number of anilines is 2. The van der Waals surface area contributed by atoms with Crippen molar-refractivity contribution in [3.8, 4) is 0 Å². The number of piperazine rings is 1. The van der Waals surface area contributed by atoms with Crippen LogP contribution in [0.1, 0.15) is 45.7 Å². The third-order valence-electron chi connectivity index (χ3n) is 6.97. The third-order valence-corrected chi connectivity index (χ3v) is 6.97. The van der Waals surface area contributed by atoms with Crippen LogP contribution in [-0.2, 0) is 0 Å². The summed E-state index contributed by atoms with van der Waals surface area (Å²) < 4.78 is 0. The summed E-state index contributed by atoms with van der Waals surface area (Å²) in [4.78, 5) is 30.7. The first-order valence-electron chi connectivity index (χ1n) is 12.7. The molecule has 8 heteroatoms. The van der Waals surface area contributed by atoms with Crippen molar-refractivity contribution < 1.29 is 9.59 Å². The van der Waals surface area contributed by atoms with E-state index in [2.05, 4.69) is 37.7 Å². The van der Waals surface area contributed by atoms with E-state index in [1.807, 2.05) is 61.5 Å². The molecule has 1 aliphatic rings. The maximum atomic E-state index is 13.1. The maximum absolute atomic E-state index is 13.1. The lowest BCUT2D eigenvalue weighted by Crippen LogP contribution is -2.44. The second kappa shape index (κ2) is 10.8. The fourth-order valence-electron chi connectivity index (χ4n) is 4.67. The zero-order valence-electron chi connectivity index (χ0n) is 21.2. The number of amides is 2. The van der Waals surface area contributed by atoms with Gasteiger partial charge >= 0.3 is 0 Å². The number of nitrogens with zero attached hydrogens (tertiary/aromatic N) is 3. The Balaban J connectivity index is 1.29. The molecule has 37 heavy (non-hydrogen) atoms. The number of carbonyl (C=O) groups is 2. The first-order chi connectivity index (χ1) is 18.0. The first-order valence-corrected chi connectivity index (χ1v) is 12.7. The van der Waals surface area contributed by atoms with Crippen LogP contribution in [0.15, 0.2) is 72.8 Å². The van der Waals surface area contributed by atoms with E-state index in [1.54, 1.807) is 18.2 Å². The van der Waals surface area contributed by atoms with Gasteiger partial charge in [-0.1, -0.05) is 37.3 Å². The van der Waals surface area contributed by atoms with Gasteiger partial charge in [-0.15, -0.1) is 0 Å². The molecular formula is C29H32N6O2. The highest BCUT2D eigenvalue weighted by atomic mass is 16.2. The monoisotopic (exact) mass is 496 g/mol. The summed E-state index contributed by atoms with van der Waals surface area (Å²) in [6, 6.07) is 22.8. The van der Waals surface area contributed by atoms with Crippen molar-refractivity contribution in [3.05, 3.63) is 89.5 Å². The number of aromatic nitrogens is 2. The van der Waals surface area contributed by atoms with E-state index in [4.69, 9.17) is 0 Å². The SMILES string of the molecule is CCC(NC(=O)c1ccc2[nH]nc(NC(=O)c3ccc(N4CCN(C)CC4)cc3)c2c1)c1ccccc1. The minimum atomic E-state index is -0.247. The molecule has 2 heterocycles. The molecule has 190 valence electrons. The summed E-state index contributed by atoms with van der Waals surface area (Å²) in [7, 11) is 2.13. The number of aromatic amines is 1. The molecule has 0 spiro atoms. The predicted molar refractivity (Wildman–Crippen MR) is 147 cm³/mol. The molecule has 0 aliphatic carbocycles. The fourth-order valence-corrected chi connectivity index (χ4v) is 4.67. The van der Waals surface area contributed by atoms with Gasteiger partial charge in [0.05, 0.1) is 11.6 Å². The second-order valence-electron chi connectivity index (χ2n) is 9.47. The van der Waals surface area contributed by atoms with Crippen molar-refractivity contribution in [1.82, 2.24) is 20.4 Å². The molecule has 3 aromatic carbocycles. The largest absolute Gasteiger partial charge is 0.369 e. The van der Waals surface area contributed by atoms with Gasteiger partial charge in [0.1, 0.15) is 0 Å². The highest BCUT2D eigenvalue weighted by Gasteiger charge is 2.18. The lowest BCUT2D eigenvalue weighted by atomic mass is 10.0. The van der Waals surface area contributed by atoms with Gasteiger partial charge in [0.25, 0.3) is 11.8 Å². The van der Waals surface area contributed by atoms with Crippen molar-refractivity contribution in [3.63, 3.8) is 0 Å². The van der Waals surface area contributed by atoms with Crippen LogP contribution in [0.5, 0.6) is 0 Å². The van der Waals surface area contributed by atoms with E-state index in [-0.39, 0.29) is 17.9 Å². The Bertz CT molecular complexity index is 1370. The summed E-state index contributed by atoms with van der Waals surface area (Å²) in [5.41, 5.74) is 3.99. The lowest BCUT2D eigenvalue weighted by molar-refractivity contribution is 0.0935. The normalized spacial score (nSPS) is 14.9. The number of carbonyl (C=O) groups excluding carboxylic acids is 2. The van der Waals surface area contributed by atoms with Gasteiger partial charge < -0.3 is 20.4 Å². The second-order valence-corrected chi connectivity index (χ2v) is 9.47. The smallest absolute Gasteiger partial charge is 0.256 e. The minimum absolute atomic E-state index is 0.0817. The zero-order chi connectivity index (χ0) is 25.8. The maximum Gasteiger partial charge on any atom is 0.256 e. The zero-order valence-corrected chi connectivity index (χ0v) is 21.2. The molecule has 8 nitrogen and oxygen atoms in total. The van der Waals surface area contributed by atoms with E-state index in [9.17, 15) is 9.59 Å². The number of hydrogen-bond acceptors (Lipinski definition) is 5. The molecule has 1 aromatic heterocycles. The Labute approximate surface area is 216 Å². The van der Waals surface area contributed by atoms with Crippen molar-refractivity contribution in [1.29, 1.82) is 0 Å². The molecule has 5 rings (SSSR count). The summed E-state index contributed by atoms with van der Waals surface area (Å²) in [5, 5.41) is 13.9. The van der Waals surface area contributed by atoms with Crippen LogP contribution in [0, 0.1) is 0 Å². The van der Waals surface area contributed by atoms with Crippen LogP contribution in [0.3, 0.4) is 0 Å². The van der Waals surface area contributed by atoms with Crippen molar-refractivity contribution >= 4 is 34.2 Å². The molecule has 0 radical (unpaired) electrons. The van der Waals surface area contributed by atoms with Crippen LogP contribution < -0.4 is 15.5 Å². The summed E-state index contributed by atoms with van der Waals surface area (Å²) in [6.45, 7) is 6.05. The average Bonchev–Trinajstić information content (AvgIpc) is 3.34. The number of H-pyrrole nitrogens is 1. The standard InChI is InChI=1S/C29H32N6O2/c1-3-25(20-7-5-4-6-8-20)30-29(37)22-11-14-26-24(19-22)27(33-32-26)31-28(36)21-9-12-23(13-10-21)35-17-15-34(2)16-18-35/h4-14,19,25H,3,15-18H2,1-2H3,(H,30,37)(H2,31,32,33,36). The van der Waals surface area contributed by atoms with Crippen molar-refractivity contribution in [2.45, 2.75) is 19.4 Å². The van der Waals surface area contributed by atoms with Crippen LogP contribution >= 0.6 is 0 Å². The molecule has 4 aromatic rings. The fraction of sp³-hybridized carbons (Fsp3) is 0.276. The predicted octanol–water partition coefficient (Wildman–Crippen LogP) is 4.45. The van der Waals surface area contributed by atoms with Crippen LogP contribution in [0.2, 0.25) is 0 Å². The number of fused-ring (bicyclic) bond motifs is 1. The van der Waals surface area contributed by atoms with E-state index in [1.165, 1.54) is 0 Å². The molecule has 1 saturated heterocycles. The quantitative estimate of drug-likeness (QED) is 0.352. The molecule has 0 bridgehead atoms. The van der Waals surface area contributed by atoms with E-state index >= 15 is 0 Å². The number of nitrogens with one attached hydrogen (secondary N) is 3. The molecule has 2 amide bonds. The summed E-state index contributed by atoms with van der Waals surface area (Å²) >= 11 is 0. The Kier molecular flexibility index (Phi) is 7.18. The van der Waals surface area contributed by atoms with Gasteiger partial charge in [0.15, 0.2) is 5.82 Å². The Hall–Kier alpha value is -4.17. The van der Waals surface area contributed by atoms with Gasteiger partial charge in [-0.3, -0.25) is 14.7 Å². The topological polar surface area (TPSA) is 93.4 Å². The molecule has 0 saturated carbocycles. The van der Waals surface area contributed by atoms with E-state index in [0.29, 0.717) is 22.3 Å². The van der Waals surface area contributed by atoms with Crippen molar-refractivity contribution in [2.75, 3.05) is 43.4 Å². The average molecular weight is 497 g/mol. The number of benzene rings is 3. The molecule has 1 atom stereocenters. The molecule has 1 fully saturated rings.